The molecule has 138 valence electrons. The van der Waals surface area contributed by atoms with Crippen molar-refractivity contribution in [1.29, 1.82) is 0 Å². The van der Waals surface area contributed by atoms with E-state index in [2.05, 4.69) is 0 Å². The summed E-state index contributed by atoms with van der Waals surface area (Å²) in [6.07, 6.45) is 2.07. The lowest BCUT2D eigenvalue weighted by Crippen LogP contribution is -2.26. The third kappa shape index (κ3) is 4.52. The zero-order chi connectivity index (χ0) is 19.0. The Kier molecular flexibility index (Phi) is 5.15. The standard InChI is InChI=1S/C17H23NO6S/c1-11-9-14(22-5)13(10-23-25(6,20)21)12-7-8-18(15(11)12)16(19)24-17(2,3)4/h7-9H,10H2,1-6H3. The fourth-order valence-corrected chi connectivity index (χ4v) is 2.86. The molecule has 1 aromatic heterocycles. The van der Waals surface area contributed by atoms with Gasteiger partial charge in [-0.2, -0.15) is 8.42 Å². The number of hydrogen-bond acceptors (Lipinski definition) is 6. The second kappa shape index (κ2) is 6.68. The molecule has 0 radical (unpaired) electrons. The zero-order valence-electron chi connectivity index (χ0n) is 15.2. The van der Waals surface area contributed by atoms with E-state index >= 15 is 0 Å². The van der Waals surface area contributed by atoms with Crippen LogP contribution < -0.4 is 4.74 Å². The Balaban J connectivity index is 2.58. The van der Waals surface area contributed by atoms with E-state index < -0.39 is 21.8 Å². The molecule has 0 bridgehead atoms. The highest BCUT2D eigenvalue weighted by atomic mass is 32.2. The lowest BCUT2D eigenvalue weighted by molar-refractivity contribution is 0.0544. The highest BCUT2D eigenvalue weighted by Gasteiger charge is 2.22. The third-order valence-corrected chi connectivity index (χ3v) is 4.00. The van der Waals surface area contributed by atoms with Crippen molar-refractivity contribution in [2.45, 2.75) is 39.9 Å². The number of hydrogen-bond donors (Lipinski definition) is 0. The summed E-state index contributed by atoms with van der Waals surface area (Å²) in [7, 11) is -2.12. The highest BCUT2D eigenvalue weighted by molar-refractivity contribution is 7.85. The number of nitrogens with zero attached hydrogens (tertiary/aromatic N) is 1. The van der Waals surface area contributed by atoms with Crippen LogP contribution in [0.1, 0.15) is 31.9 Å². The van der Waals surface area contributed by atoms with Gasteiger partial charge in [0, 0.05) is 17.1 Å². The predicted molar refractivity (Wildman–Crippen MR) is 94.5 cm³/mol. The van der Waals surface area contributed by atoms with Crippen molar-refractivity contribution in [3.8, 4) is 5.75 Å². The summed E-state index contributed by atoms with van der Waals surface area (Å²) >= 11 is 0. The minimum absolute atomic E-state index is 0.183. The molecule has 7 nitrogen and oxygen atoms in total. The van der Waals surface area contributed by atoms with Gasteiger partial charge in [0.1, 0.15) is 11.4 Å². The van der Waals surface area contributed by atoms with Gasteiger partial charge in [-0.25, -0.2) is 4.79 Å². The van der Waals surface area contributed by atoms with E-state index in [1.54, 1.807) is 39.1 Å². The average Bonchev–Trinajstić information content (AvgIpc) is 2.88. The van der Waals surface area contributed by atoms with Crippen LogP contribution in [0.3, 0.4) is 0 Å². The number of methoxy groups -OCH3 is 1. The first-order valence-electron chi connectivity index (χ1n) is 7.68. The number of fused-ring (bicyclic) bond motifs is 1. The molecule has 8 heteroatoms. The van der Waals surface area contributed by atoms with Crippen LogP contribution in [-0.2, 0) is 25.6 Å². The Morgan fingerprint density at radius 2 is 1.92 bits per heavy atom. The van der Waals surface area contributed by atoms with Gasteiger partial charge in [0.2, 0.25) is 0 Å². The molecule has 0 unspecified atom stereocenters. The topological polar surface area (TPSA) is 83.8 Å². The van der Waals surface area contributed by atoms with E-state index in [4.69, 9.17) is 13.7 Å². The molecule has 0 amide bonds. The monoisotopic (exact) mass is 369 g/mol. The normalized spacial score (nSPS) is 12.4. The van der Waals surface area contributed by atoms with Crippen LogP contribution in [0.5, 0.6) is 5.75 Å². The summed E-state index contributed by atoms with van der Waals surface area (Å²) in [5.41, 5.74) is 1.35. The van der Waals surface area contributed by atoms with Gasteiger partial charge >= 0.3 is 6.09 Å². The molecule has 0 saturated heterocycles. The smallest absolute Gasteiger partial charge is 0.419 e. The number of aryl methyl sites for hydroxylation is 1. The lowest BCUT2D eigenvalue weighted by Gasteiger charge is -2.20. The number of carbonyl (C=O) groups excluding carboxylic acids is 1. The minimum Gasteiger partial charge on any atom is -0.496 e. The van der Waals surface area contributed by atoms with Crippen molar-refractivity contribution in [2.75, 3.05) is 13.4 Å². The van der Waals surface area contributed by atoms with Crippen molar-refractivity contribution < 1.29 is 26.9 Å². The fraction of sp³-hybridized carbons (Fsp3) is 0.471. The summed E-state index contributed by atoms with van der Waals surface area (Å²) < 4.78 is 39.8. The maximum Gasteiger partial charge on any atom is 0.419 e. The first-order chi connectivity index (χ1) is 11.4. The molecule has 2 aromatic rings. The summed E-state index contributed by atoms with van der Waals surface area (Å²) in [6, 6.07) is 3.46. The molecular weight excluding hydrogens is 346 g/mol. The maximum atomic E-state index is 12.5. The summed E-state index contributed by atoms with van der Waals surface area (Å²) in [6.45, 7) is 7.03. The van der Waals surface area contributed by atoms with Gasteiger partial charge in [-0.05, 0) is 45.4 Å². The average molecular weight is 369 g/mol. The highest BCUT2D eigenvalue weighted by Crippen LogP contribution is 2.33. The Hall–Kier alpha value is -2.06. The van der Waals surface area contributed by atoms with Crippen molar-refractivity contribution in [3.63, 3.8) is 0 Å². The number of carbonyl (C=O) groups is 1. The molecule has 0 aliphatic heterocycles. The quantitative estimate of drug-likeness (QED) is 0.770. The molecule has 0 saturated carbocycles. The van der Waals surface area contributed by atoms with E-state index in [0.717, 1.165) is 11.8 Å². The van der Waals surface area contributed by atoms with Crippen LogP contribution in [0.25, 0.3) is 10.9 Å². The number of rotatable bonds is 4. The Morgan fingerprint density at radius 1 is 1.28 bits per heavy atom. The Labute approximate surface area is 147 Å². The van der Waals surface area contributed by atoms with Gasteiger partial charge < -0.3 is 9.47 Å². The van der Waals surface area contributed by atoms with Crippen molar-refractivity contribution in [3.05, 3.63) is 29.5 Å². The van der Waals surface area contributed by atoms with Crippen LogP contribution in [0.2, 0.25) is 0 Å². The second-order valence-corrected chi connectivity index (χ2v) is 8.41. The van der Waals surface area contributed by atoms with Crippen LogP contribution in [0.4, 0.5) is 4.79 Å². The molecule has 25 heavy (non-hydrogen) atoms. The van der Waals surface area contributed by atoms with Crippen LogP contribution >= 0.6 is 0 Å². The van der Waals surface area contributed by atoms with Gasteiger partial charge in [0.05, 0.1) is 25.5 Å². The van der Waals surface area contributed by atoms with E-state index in [1.807, 2.05) is 6.92 Å². The molecule has 0 spiro atoms. The number of aromatic nitrogens is 1. The summed E-state index contributed by atoms with van der Waals surface area (Å²) in [5, 5.41) is 0.673. The minimum atomic E-state index is -3.61. The van der Waals surface area contributed by atoms with E-state index in [1.165, 1.54) is 11.7 Å². The fourth-order valence-electron chi connectivity index (χ4n) is 2.52. The SMILES string of the molecule is COc1cc(C)c2c(ccn2C(=O)OC(C)(C)C)c1COS(C)(=O)=O. The molecule has 0 N–H and O–H groups in total. The van der Waals surface area contributed by atoms with Gasteiger partial charge in [-0.15, -0.1) is 0 Å². The van der Waals surface area contributed by atoms with Crippen LogP contribution in [-0.4, -0.2) is 38.0 Å². The Morgan fingerprint density at radius 3 is 2.44 bits per heavy atom. The third-order valence-electron chi connectivity index (χ3n) is 3.46. The number of benzene rings is 1. The second-order valence-electron chi connectivity index (χ2n) is 6.77. The van der Waals surface area contributed by atoms with E-state index in [9.17, 15) is 13.2 Å². The largest absolute Gasteiger partial charge is 0.496 e. The number of ether oxygens (including phenoxy) is 2. The molecule has 1 heterocycles. The zero-order valence-corrected chi connectivity index (χ0v) is 16.1. The summed E-state index contributed by atoms with van der Waals surface area (Å²) in [4.78, 5) is 12.5. The predicted octanol–water partition coefficient (Wildman–Crippen LogP) is 3.22. The Bertz CT molecular complexity index is 905. The first kappa shape index (κ1) is 19.3. The lowest BCUT2D eigenvalue weighted by atomic mass is 10.1. The van der Waals surface area contributed by atoms with Gasteiger partial charge in [0.25, 0.3) is 10.1 Å². The van der Waals surface area contributed by atoms with Crippen molar-refractivity contribution in [2.24, 2.45) is 0 Å². The first-order valence-corrected chi connectivity index (χ1v) is 9.50. The van der Waals surface area contributed by atoms with Gasteiger partial charge in [-0.3, -0.25) is 8.75 Å². The molecular formula is C17H23NO6S. The molecule has 1 aromatic carbocycles. The van der Waals surface area contributed by atoms with Crippen molar-refractivity contribution >= 4 is 27.1 Å². The maximum absolute atomic E-state index is 12.5. The summed E-state index contributed by atoms with van der Waals surface area (Å²) in [5.74, 6) is 0.496. The van der Waals surface area contributed by atoms with Crippen molar-refractivity contribution in [1.82, 2.24) is 4.57 Å². The molecule has 0 aliphatic rings. The van der Waals surface area contributed by atoms with E-state index in [0.29, 0.717) is 22.2 Å². The molecule has 0 fully saturated rings. The van der Waals surface area contributed by atoms with Gasteiger partial charge in [-0.1, -0.05) is 0 Å². The van der Waals surface area contributed by atoms with Crippen LogP contribution in [0.15, 0.2) is 18.3 Å². The molecule has 0 atom stereocenters. The molecule has 2 rings (SSSR count). The van der Waals surface area contributed by atoms with Gasteiger partial charge in [0.15, 0.2) is 0 Å². The van der Waals surface area contributed by atoms with E-state index in [-0.39, 0.29) is 6.61 Å². The van der Waals surface area contributed by atoms with Crippen LogP contribution in [0, 0.1) is 6.92 Å². The molecule has 0 aliphatic carbocycles.